The fourth-order valence-corrected chi connectivity index (χ4v) is 3.41. The van der Waals surface area contributed by atoms with Crippen LogP contribution in [0.15, 0.2) is 78.0 Å². The minimum Gasteiger partial charge on any atom is -0.320 e. The Bertz CT molecular complexity index is 757. The van der Waals surface area contributed by atoms with Crippen LogP contribution in [0.25, 0.3) is 0 Å². The van der Waals surface area contributed by atoms with E-state index < -0.39 is 0 Å². The molecule has 1 heterocycles. The highest BCUT2D eigenvalue weighted by molar-refractivity contribution is 7.98. The number of nitrogens with two attached hydrogens (primary N) is 1. The lowest BCUT2D eigenvalue weighted by Gasteiger charge is -2.15. The number of aromatic nitrogens is 1. The van der Waals surface area contributed by atoms with Gasteiger partial charge in [0.25, 0.3) is 0 Å². The van der Waals surface area contributed by atoms with Crippen molar-refractivity contribution in [2.24, 2.45) is 5.73 Å². The third kappa shape index (κ3) is 4.01. The maximum atomic E-state index is 6.39. The molecule has 2 nitrogen and oxygen atoms in total. The Morgan fingerprint density at radius 1 is 1.00 bits per heavy atom. The van der Waals surface area contributed by atoms with Crippen molar-refractivity contribution in [2.45, 2.75) is 23.7 Å². The summed E-state index contributed by atoms with van der Waals surface area (Å²) >= 11 is 1.75. The van der Waals surface area contributed by atoms with Crippen molar-refractivity contribution in [3.8, 4) is 0 Å². The molecule has 3 heteroatoms. The minimum absolute atomic E-state index is 0.128. The molecule has 0 bridgehead atoms. The standard InChI is InChI=1S/C20H20N2S/c1-15-12-19(23-14-16-8-4-2-5-9-16)22-13-18(15)20(21)17-10-6-3-7-11-17/h2-13,20H,14,21H2,1H3/t20-/m1/s1. The van der Waals surface area contributed by atoms with E-state index in [1.807, 2.05) is 30.5 Å². The van der Waals surface area contributed by atoms with Crippen molar-refractivity contribution in [3.63, 3.8) is 0 Å². The number of hydrogen-bond donors (Lipinski definition) is 1. The van der Waals surface area contributed by atoms with Crippen LogP contribution in [-0.2, 0) is 5.75 Å². The summed E-state index contributed by atoms with van der Waals surface area (Å²) in [5, 5.41) is 1.04. The lowest BCUT2D eigenvalue weighted by Crippen LogP contribution is -2.13. The Morgan fingerprint density at radius 3 is 2.30 bits per heavy atom. The molecule has 1 aromatic heterocycles. The van der Waals surface area contributed by atoms with E-state index in [-0.39, 0.29) is 6.04 Å². The number of nitrogens with zero attached hydrogens (tertiary/aromatic N) is 1. The zero-order valence-electron chi connectivity index (χ0n) is 13.1. The molecule has 0 fully saturated rings. The normalized spacial score (nSPS) is 12.1. The van der Waals surface area contributed by atoms with Crippen LogP contribution in [0.4, 0.5) is 0 Å². The number of benzene rings is 2. The van der Waals surface area contributed by atoms with Crippen LogP contribution in [0, 0.1) is 6.92 Å². The molecule has 3 rings (SSSR count). The molecule has 0 saturated heterocycles. The first kappa shape index (κ1) is 15.8. The van der Waals surface area contributed by atoms with Gasteiger partial charge in [0.1, 0.15) is 0 Å². The molecule has 2 N–H and O–H groups in total. The zero-order valence-corrected chi connectivity index (χ0v) is 14.0. The maximum Gasteiger partial charge on any atom is 0.0965 e. The van der Waals surface area contributed by atoms with Crippen molar-refractivity contribution < 1.29 is 0 Å². The van der Waals surface area contributed by atoms with Gasteiger partial charge in [0.15, 0.2) is 0 Å². The van der Waals surface area contributed by atoms with Crippen LogP contribution in [0.1, 0.15) is 28.3 Å². The first-order chi connectivity index (χ1) is 11.2. The van der Waals surface area contributed by atoms with Crippen LogP contribution < -0.4 is 5.73 Å². The van der Waals surface area contributed by atoms with Gasteiger partial charge >= 0.3 is 0 Å². The summed E-state index contributed by atoms with van der Waals surface area (Å²) in [7, 11) is 0. The molecule has 0 saturated carbocycles. The lowest BCUT2D eigenvalue weighted by atomic mass is 9.98. The van der Waals surface area contributed by atoms with Crippen LogP contribution >= 0.6 is 11.8 Å². The first-order valence-electron chi connectivity index (χ1n) is 7.68. The monoisotopic (exact) mass is 320 g/mol. The van der Waals surface area contributed by atoms with E-state index in [2.05, 4.69) is 54.4 Å². The van der Waals surface area contributed by atoms with Crippen LogP contribution in [0.5, 0.6) is 0 Å². The van der Waals surface area contributed by atoms with Gasteiger partial charge in [-0.3, -0.25) is 0 Å². The van der Waals surface area contributed by atoms with Crippen molar-refractivity contribution in [1.29, 1.82) is 0 Å². The fraction of sp³-hybridized carbons (Fsp3) is 0.150. The summed E-state index contributed by atoms with van der Waals surface area (Å²) < 4.78 is 0. The summed E-state index contributed by atoms with van der Waals surface area (Å²) in [5.74, 6) is 0.928. The Kier molecular flexibility index (Phi) is 5.11. The quantitative estimate of drug-likeness (QED) is 0.691. The van der Waals surface area contributed by atoms with Gasteiger partial charge < -0.3 is 5.73 Å². The van der Waals surface area contributed by atoms with E-state index in [9.17, 15) is 0 Å². The number of rotatable bonds is 5. The summed E-state index contributed by atoms with van der Waals surface area (Å²) in [4.78, 5) is 4.58. The number of aryl methyl sites for hydroxylation is 1. The third-order valence-electron chi connectivity index (χ3n) is 3.85. The molecule has 0 unspecified atom stereocenters. The average molecular weight is 320 g/mol. The van der Waals surface area contributed by atoms with Gasteiger partial charge in [-0.25, -0.2) is 4.98 Å². The van der Waals surface area contributed by atoms with Crippen molar-refractivity contribution in [1.82, 2.24) is 4.98 Å². The van der Waals surface area contributed by atoms with E-state index in [4.69, 9.17) is 5.73 Å². The van der Waals surface area contributed by atoms with Gasteiger partial charge in [0, 0.05) is 11.9 Å². The summed E-state index contributed by atoms with van der Waals surface area (Å²) in [6.45, 7) is 2.10. The van der Waals surface area contributed by atoms with Crippen LogP contribution in [0.2, 0.25) is 0 Å². The molecule has 0 amide bonds. The van der Waals surface area contributed by atoms with Crippen molar-refractivity contribution in [2.75, 3.05) is 0 Å². The van der Waals surface area contributed by atoms with Gasteiger partial charge in [-0.2, -0.15) is 0 Å². The molecule has 0 aliphatic carbocycles. The van der Waals surface area contributed by atoms with Gasteiger partial charge in [0.05, 0.1) is 11.1 Å². The van der Waals surface area contributed by atoms with Gasteiger partial charge in [-0.1, -0.05) is 60.7 Å². The molecule has 116 valence electrons. The maximum absolute atomic E-state index is 6.39. The average Bonchev–Trinajstić information content (AvgIpc) is 2.61. The Morgan fingerprint density at radius 2 is 1.65 bits per heavy atom. The van der Waals surface area contributed by atoms with Gasteiger partial charge in [-0.15, -0.1) is 11.8 Å². The second-order valence-electron chi connectivity index (χ2n) is 5.54. The van der Waals surface area contributed by atoms with E-state index in [1.165, 1.54) is 11.1 Å². The Hall–Kier alpha value is -2.10. The van der Waals surface area contributed by atoms with E-state index >= 15 is 0 Å². The second kappa shape index (κ2) is 7.44. The molecule has 0 aliphatic rings. The highest BCUT2D eigenvalue weighted by atomic mass is 32.2. The molecule has 23 heavy (non-hydrogen) atoms. The van der Waals surface area contributed by atoms with Gasteiger partial charge in [0.2, 0.25) is 0 Å². The molecule has 0 radical (unpaired) electrons. The predicted molar refractivity (Wildman–Crippen MR) is 97.4 cm³/mol. The smallest absolute Gasteiger partial charge is 0.0965 e. The summed E-state index contributed by atoms with van der Waals surface area (Å²) in [6.07, 6.45) is 1.92. The molecule has 0 aliphatic heterocycles. The molecular formula is C20H20N2S. The fourth-order valence-electron chi connectivity index (χ4n) is 2.52. The summed E-state index contributed by atoms with van der Waals surface area (Å²) in [5.41, 5.74) is 11.1. The van der Waals surface area contributed by atoms with E-state index in [0.29, 0.717) is 0 Å². The Labute approximate surface area is 141 Å². The topological polar surface area (TPSA) is 38.9 Å². The number of pyridine rings is 1. The molecule has 1 atom stereocenters. The summed E-state index contributed by atoms with van der Waals surface area (Å²) in [6, 6.07) is 22.6. The Balaban J connectivity index is 1.73. The number of hydrogen-bond acceptors (Lipinski definition) is 3. The molecule has 2 aromatic carbocycles. The third-order valence-corrected chi connectivity index (χ3v) is 4.85. The molecule has 3 aromatic rings. The van der Waals surface area contributed by atoms with Gasteiger partial charge in [-0.05, 0) is 35.2 Å². The largest absolute Gasteiger partial charge is 0.320 e. The van der Waals surface area contributed by atoms with Crippen molar-refractivity contribution in [3.05, 3.63) is 95.2 Å². The SMILES string of the molecule is Cc1cc(SCc2ccccc2)ncc1[C@H](N)c1ccccc1. The van der Waals surface area contributed by atoms with Crippen molar-refractivity contribution >= 4 is 11.8 Å². The van der Waals surface area contributed by atoms with Crippen LogP contribution in [0.3, 0.4) is 0 Å². The minimum atomic E-state index is -0.128. The highest BCUT2D eigenvalue weighted by Crippen LogP contribution is 2.26. The van der Waals surface area contributed by atoms with Crippen LogP contribution in [-0.4, -0.2) is 4.98 Å². The number of thioether (sulfide) groups is 1. The second-order valence-corrected chi connectivity index (χ2v) is 6.54. The lowest BCUT2D eigenvalue weighted by molar-refractivity contribution is 0.843. The first-order valence-corrected chi connectivity index (χ1v) is 8.66. The highest BCUT2D eigenvalue weighted by Gasteiger charge is 2.12. The molecular weight excluding hydrogens is 300 g/mol. The zero-order chi connectivity index (χ0) is 16.1. The predicted octanol–water partition coefficient (Wildman–Crippen LogP) is 4.73. The van der Waals surface area contributed by atoms with E-state index in [1.54, 1.807) is 11.8 Å². The molecule has 0 spiro atoms. The van der Waals surface area contributed by atoms with E-state index in [0.717, 1.165) is 21.9 Å².